The van der Waals surface area contributed by atoms with Gasteiger partial charge >= 0.3 is 0 Å². The molecule has 0 atom stereocenters. The molecule has 0 bridgehead atoms. The Morgan fingerprint density at radius 1 is 0.900 bits per heavy atom. The third-order valence-corrected chi connectivity index (χ3v) is 3.09. The Morgan fingerprint density at radius 3 is 2.00 bits per heavy atom. The van der Waals surface area contributed by atoms with Gasteiger partial charge in [0.05, 0.1) is 6.26 Å². The summed E-state index contributed by atoms with van der Waals surface area (Å²) in [6.07, 6.45) is 1.08. The van der Waals surface area contributed by atoms with Gasteiger partial charge in [0.2, 0.25) is 10.0 Å². The van der Waals surface area contributed by atoms with Crippen LogP contribution in [-0.2, 0) is 10.0 Å². The van der Waals surface area contributed by atoms with Crippen molar-refractivity contribution >= 4 is 27.3 Å². The van der Waals surface area contributed by atoms with E-state index in [0.29, 0.717) is 16.9 Å². The minimum absolute atomic E-state index is 0.213. The lowest BCUT2D eigenvalue weighted by molar-refractivity contribution is 0.102. The molecule has 0 aromatic heterocycles. The maximum atomic E-state index is 11.9. The van der Waals surface area contributed by atoms with Gasteiger partial charge in [0, 0.05) is 16.9 Å². The molecule has 0 radical (unpaired) electrons. The minimum Gasteiger partial charge on any atom is -0.322 e. The van der Waals surface area contributed by atoms with E-state index in [9.17, 15) is 13.2 Å². The second kappa shape index (κ2) is 5.75. The van der Waals surface area contributed by atoms with E-state index in [4.69, 9.17) is 0 Å². The number of anilines is 2. The highest BCUT2D eigenvalue weighted by Crippen LogP contribution is 2.15. The minimum atomic E-state index is -3.29. The lowest BCUT2D eigenvalue weighted by Gasteiger charge is -2.07. The van der Waals surface area contributed by atoms with Gasteiger partial charge in [-0.2, -0.15) is 0 Å². The number of rotatable bonds is 4. The lowest BCUT2D eigenvalue weighted by atomic mass is 10.2. The van der Waals surface area contributed by atoms with Crippen LogP contribution in [-0.4, -0.2) is 20.6 Å². The van der Waals surface area contributed by atoms with Crippen LogP contribution in [0.25, 0.3) is 0 Å². The quantitative estimate of drug-likeness (QED) is 0.907. The van der Waals surface area contributed by atoms with Gasteiger partial charge in [0.25, 0.3) is 5.91 Å². The van der Waals surface area contributed by atoms with Gasteiger partial charge in [-0.25, -0.2) is 8.42 Å². The fourth-order valence-electron chi connectivity index (χ4n) is 1.63. The van der Waals surface area contributed by atoms with E-state index in [1.165, 1.54) is 0 Å². The average molecular weight is 290 g/mol. The van der Waals surface area contributed by atoms with E-state index in [1.54, 1.807) is 48.5 Å². The number of hydrogen-bond acceptors (Lipinski definition) is 3. The van der Waals surface area contributed by atoms with Gasteiger partial charge in [-0.15, -0.1) is 0 Å². The van der Waals surface area contributed by atoms with Crippen LogP contribution in [0, 0.1) is 0 Å². The van der Waals surface area contributed by atoms with Crippen LogP contribution in [0.3, 0.4) is 0 Å². The number of sulfonamides is 1. The Morgan fingerprint density at radius 2 is 1.45 bits per heavy atom. The SMILES string of the molecule is CS(=O)(=O)Nc1ccc(NC(=O)c2ccccc2)cc1. The van der Waals surface area contributed by atoms with Crippen LogP contribution >= 0.6 is 0 Å². The summed E-state index contributed by atoms with van der Waals surface area (Å²) >= 11 is 0. The molecule has 2 N–H and O–H groups in total. The van der Waals surface area contributed by atoms with Gasteiger partial charge in [-0.05, 0) is 36.4 Å². The van der Waals surface area contributed by atoms with E-state index in [2.05, 4.69) is 10.0 Å². The van der Waals surface area contributed by atoms with Crippen LogP contribution < -0.4 is 10.0 Å². The summed E-state index contributed by atoms with van der Waals surface area (Å²) < 4.78 is 24.5. The van der Waals surface area contributed by atoms with Crippen LogP contribution in [0.2, 0.25) is 0 Å². The highest BCUT2D eigenvalue weighted by Gasteiger charge is 2.05. The fraction of sp³-hybridized carbons (Fsp3) is 0.0714. The first-order valence-electron chi connectivity index (χ1n) is 5.88. The van der Waals surface area contributed by atoms with Gasteiger partial charge in [-0.3, -0.25) is 9.52 Å². The summed E-state index contributed by atoms with van der Waals surface area (Å²) in [5.74, 6) is -0.213. The summed E-state index contributed by atoms with van der Waals surface area (Å²) in [6, 6.07) is 15.3. The van der Waals surface area contributed by atoms with Gasteiger partial charge in [0.15, 0.2) is 0 Å². The molecular formula is C14H14N2O3S. The second-order valence-electron chi connectivity index (χ2n) is 4.27. The standard InChI is InChI=1S/C14H14N2O3S/c1-20(18,19)16-13-9-7-12(8-10-13)15-14(17)11-5-3-2-4-6-11/h2-10,16H,1H3,(H,15,17). The molecule has 0 spiro atoms. The van der Waals surface area contributed by atoms with Crippen molar-refractivity contribution < 1.29 is 13.2 Å². The van der Waals surface area contributed by atoms with Crippen LogP contribution in [0.4, 0.5) is 11.4 Å². The third-order valence-electron chi connectivity index (χ3n) is 2.48. The predicted molar refractivity (Wildman–Crippen MR) is 79.3 cm³/mol. The molecular weight excluding hydrogens is 276 g/mol. The Bertz CT molecular complexity index is 695. The van der Waals surface area contributed by atoms with Crippen molar-refractivity contribution in [3.8, 4) is 0 Å². The number of amides is 1. The molecule has 0 heterocycles. The smallest absolute Gasteiger partial charge is 0.255 e. The van der Waals surface area contributed by atoms with E-state index >= 15 is 0 Å². The molecule has 0 saturated carbocycles. The molecule has 2 aromatic carbocycles. The van der Waals surface area contributed by atoms with Crippen molar-refractivity contribution in [1.29, 1.82) is 0 Å². The average Bonchev–Trinajstić information content (AvgIpc) is 2.40. The normalized spacial score (nSPS) is 10.8. The Labute approximate surface area is 117 Å². The summed E-state index contributed by atoms with van der Waals surface area (Å²) in [5, 5.41) is 2.73. The van der Waals surface area contributed by atoms with Crippen LogP contribution in [0.5, 0.6) is 0 Å². The topological polar surface area (TPSA) is 75.3 Å². The first kappa shape index (κ1) is 14.1. The second-order valence-corrected chi connectivity index (χ2v) is 6.02. The summed E-state index contributed by atoms with van der Waals surface area (Å²) in [7, 11) is -3.29. The van der Waals surface area contributed by atoms with E-state index < -0.39 is 10.0 Å². The number of carbonyl (C=O) groups is 1. The first-order valence-corrected chi connectivity index (χ1v) is 7.77. The number of carbonyl (C=O) groups excluding carboxylic acids is 1. The van der Waals surface area contributed by atoms with Crippen molar-refractivity contribution in [2.24, 2.45) is 0 Å². The zero-order chi connectivity index (χ0) is 14.6. The van der Waals surface area contributed by atoms with Crippen LogP contribution in [0.15, 0.2) is 54.6 Å². The van der Waals surface area contributed by atoms with Gasteiger partial charge in [-0.1, -0.05) is 18.2 Å². The zero-order valence-electron chi connectivity index (χ0n) is 10.8. The Balaban J connectivity index is 2.06. The van der Waals surface area contributed by atoms with Crippen molar-refractivity contribution in [2.75, 3.05) is 16.3 Å². The number of nitrogens with one attached hydrogen (secondary N) is 2. The number of benzene rings is 2. The van der Waals surface area contributed by atoms with E-state index in [-0.39, 0.29) is 5.91 Å². The van der Waals surface area contributed by atoms with Crippen molar-refractivity contribution in [3.63, 3.8) is 0 Å². The predicted octanol–water partition coefficient (Wildman–Crippen LogP) is 2.31. The molecule has 2 aromatic rings. The number of hydrogen-bond donors (Lipinski definition) is 2. The Kier molecular flexibility index (Phi) is 4.05. The maximum absolute atomic E-state index is 11.9. The molecule has 6 heteroatoms. The van der Waals surface area contributed by atoms with Crippen LogP contribution in [0.1, 0.15) is 10.4 Å². The summed E-state index contributed by atoms with van der Waals surface area (Å²) in [4.78, 5) is 11.9. The third kappa shape index (κ3) is 4.10. The van der Waals surface area contributed by atoms with E-state index in [0.717, 1.165) is 6.26 Å². The Hall–Kier alpha value is -2.34. The molecule has 0 aliphatic rings. The molecule has 0 saturated heterocycles. The molecule has 0 unspecified atom stereocenters. The summed E-state index contributed by atoms with van der Waals surface area (Å²) in [5.41, 5.74) is 1.61. The molecule has 2 rings (SSSR count). The molecule has 0 aliphatic heterocycles. The maximum Gasteiger partial charge on any atom is 0.255 e. The van der Waals surface area contributed by atoms with Gasteiger partial charge in [0.1, 0.15) is 0 Å². The van der Waals surface area contributed by atoms with E-state index in [1.807, 2.05) is 6.07 Å². The van der Waals surface area contributed by atoms with Crippen molar-refractivity contribution in [2.45, 2.75) is 0 Å². The summed E-state index contributed by atoms with van der Waals surface area (Å²) in [6.45, 7) is 0. The lowest BCUT2D eigenvalue weighted by Crippen LogP contribution is -2.12. The molecule has 0 fully saturated rings. The molecule has 1 amide bonds. The molecule has 0 aliphatic carbocycles. The largest absolute Gasteiger partial charge is 0.322 e. The van der Waals surface area contributed by atoms with Gasteiger partial charge < -0.3 is 5.32 Å². The zero-order valence-corrected chi connectivity index (χ0v) is 11.6. The molecule has 104 valence electrons. The highest BCUT2D eigenvalue weighted by atomic mass is 32.2. The fourth-order valence-corrected chi connectivity index (χ4v) is 2.19. The molecule has 20 heavy (non-hydrogen) atoms. The first-order chi connectivity index (χ1) is 9.44. The highest BCUT2D eigenvalue weighted by molar-refractivity contribution is 7.92. The monoisotopic (exact) mass is 290 g/mol. The van der Waals surface area contributed by atoms with Crippen molar-refractivity contribution in [1.82, 2.24) is 0 Å². The molecule has 5 nitrogen and oxygen atoms in total. The van der Waals surface area contributed by atoms with Crippen molar-refractivity contribution in [3.05, 3.63) is 60.2 Å².